The van der Waals surface area contributed by atoms with E-state index in [1.165, 1.54) is 0 Å². The summed E-state index contributed by atoms with van der Waals surface area (Å²) >= 11 is 0. The molecule has 2 heterocycles. The molecule has 22 heavy (non-hydrogen) atoms. The quantitative estimate of drug-likeness (QED) is 0.777. The Hall–Kier alpha value is -1.08. The minimum atomic E-state index is -3.04. The predicted octanol–water partition coefficient (Wildman–Crippen LogP) is 1.30. The van der Waals surface area contributed by atoms with Crippen LogP contribution < -0.4 is 5.32 Å². The number of hydrogen-bond acceptors (Lipinski definition) is 3. The monoisotopic (exact) mass is 327 g/mol. The van der Waals surface area contributed by atoms with E-state index in [9.17, 15) is 13.2 Å². The predicted molar refractivity (Wildman–Crippen MR) is 85.0 cm³/mol. The number of likely N-dealkylation sites (tertiary alicyclic amines) is 1. The summed E-state index contributed by atoms with van der Waals surface area (Å²) in [5, 5.41) is 3.06. The van der Waals surface area contributed by atoms with E-state index in [0.29, 0.717) is 19.6 Å². The van der Waals surface area contributed by atoms with Gasteiger partial charge in [-0.05, 0) is 38.5 Å². The van der Waals surface area contributed by atoms with Gasteiger partial charge in [-0.2, -0.15) is 4.31 Å². The van der Waals surface area contributed by atoms with Gasteiger partial charge in [0.15, 0.2) is 0 Å². The van der Waals surface area contributed by atoms with Crippen LogP contribution in [-0.2, 0) is 10.0 Å². The number of amides is 2. The highest BCUT2D eigenvalue weighted by Crippen LogP contribution is 2.24. The van der Waals surface area contributed by atoms with Crippen molar-refractivity contribution in [3.8, 4) is 0 Å². The molecular formula is C15H25N3O3S. The van der Waals surface area contributed by atoms with E-state index in [-0.39, 0.29) is 23.9 Å². The molecule has 7 heteroatoms. The molecular weight excluding hydrogens is 302 g/mol. The van der Waals surface area contributed by atoms with Crippen LogP contribution >= 0.6 is 0 Å². The highest BCUT2D eigenvalue weighted by molar-refractivity contribution is 7.89. The SMILES string of the molecule is O=C(NC1C=CCCC1)N1CCC(N2CCCS2(=O)=O)CC1. The third kappa shape index (κ3) is 3.46. The van der Waals surface area contributed by atoms with Gasteiger partial charge in [0.2, 0.25) is 10.0 Å². The summed E-state index contributed by atoms with van der Waals surface area (Å²) in [6, 6.07) is 0.211. The number of urea groups is 1. The highest BCUT2D eigenvalue weighted by atomic mass is 32.2. The normalized spacial score (nSPS) is 29.6. The average molecular weight is 327 g/mol. The summed E-state index contributed by atoms with van der Waals surface area (Å²) < 4.78 is 25.6. The Morgan fingerprint density at radius 1 is 1.09 bits per heavy atom. The zero-order valence-corrected chi connectivity index (χ0v) is 13.7. The molecule has 1 atom stereocenters. The minimum absolute atomic E-state index is 0.0146. The van der Waals surface area contributed by atoms with Crippen molar-refractivity contribution in [3.05, 3.63) is 12.2 Å². The van der Waals surface area contributed by atoms with Crippen molar-refractivity contribution in [2.75, 3.05) is 25.4 Å². The van der Waals surface area contributed by atoms with Gasteiger partial charge in [-0.1, -0.05) is 12.2 Å². The first-order chi connectivity index (χ1) is 10.6. The molecule has 6 nitrogen and oxygen atoms in total. The molecule has 0 saturated carbocycles. The number of carbonyl (C=O) groups is 1. The third-order valence-corrected chi connectivity index (χ3v) is 6.86. The van der Waals surface area contributed by atoms with Crippen molar-refractivity contribution in [2.45, 2.75) is 50.6 Å². The molecule has 1 aliphatic carbocycles. The van der Waals surface area contributed by atoms with Crippen LogP contribution in [-0.4, -0.2) is 61.1 Å². The Morgan fingerprint density at radius 3 is 2.45 bits per heavy atom. The molecule has 0 bridgehead atoms. The second-order valence-electron chi connectivity index (χ2n) is 6.41. The van der Waals surface area contributed by atoms with Crippen LogP contribution in [0.3, 0.4) is 0 Å². The van der Waals surface area contributed by atoms with Gasteiger partial charge in [-0.15, -0.1) is 0 Å². The molecule has 1 N–H and O–H groups in total. The average Bonchev–Trinajstić information content (AvgIpc) is 2.88. The molecule has 1 unspecified atom stereocenters. The number of rotatable bonds is 2. The number of piperidine rings is 1. The van der Waals surface area contributed by atoms with Crippen LogP contribution in [0.2, 0.25) is 0 Å². The molecule has 0 radical (unpaired) electrons. The summed E-state index contributed by atoms with van der Waals surface area (Å²) in [7, 11) is -3.04. The fraction of sp³-hybridized carbons (Fsp3) is 0.800. The lowest BCUT2D eigenvalue weighted by Gasteiger charge is -2.36. The lowest BCUT2D eigenvalue weighted by molar-refractivity contribution is 0.158. The van der Waals surface area contributed by atoms with E-state index >= 15 is 0 Å². The summed E-state index contributed by atoms with van der Waals surface area (Å²) in [5.74, 6) is 0.279. The Balaban J connectivity index is 1.50. The molecule has 0 spiro atoms. The molecule has 0 aromatic rings. The van der Waals surface area contributed by atoms with Crippen LogP contribution in [0.25, 0.3) is 0 Å². The van der Waals surface area contributed by atoms with Crippen molar-refractivity contribution in [1.82, 2.24) is 14.5 Å². The van der Waals surface area contributed by atoms with Gasteiger partial charge in [-0.3, -0.25) is 0 Å². The van der Waals surface area contributed by atoms with Crippen LogP contribution in [0.4, 0.5) is 4.79 Å². The Labute approximate surface area is 132 Å². The van der Waals surface area contributed by atoms with Crippen molar-refractivity contribution in [2.24, 2.45) is 0 Å². The van der Waals surface area contributed by atoms with Crippen LogP contribution in [0.1, 0.15) is 38.5 Å². The van der Waals surface area contributed by atoms with Crippen molar-refractivity contribution in [1.29, 1.82) is 0 Å². The van der Waals surface area contributed by atoms with Gasteiger partial charge in [0.25, 0.3) is 0 Å². The van der Waals surface area contributed by atoms with Crippen LogP contribution in [0.5, 0.6) is 0 Å². The fourth-order valence-corrected chi connectivity index (χ4v) is 5.41. The van der Waals surface area contributed by atoms with E-state index in [2.05, 4.69) is 17.5 Å². The van der Waals surface area contributed by atoms with E-state index in [0.717, 1.165) is 38.5 Å². The molecule has 2 amide bonds. The number of nitrogens with zero attached hydrogens (tertiary/aromatic N) is 2. The number of hydrogen-bond donors (Lipinski definition) is 1. The van der Waals surface area contributed by atoms with Gasteiger partial charge >= 0.3 is 6.03 Å². The zero-order chi connectivity index (χ0) is 15.6. The molecule has 0 aromatic carbocycles. The van der Waals surface area contributed by atoms with E-state index in [4.69, 9.17) is 0 Å². The summed E-state index contributed by atoms with van der Waals surface area (Å²) in [5.41, 5.74) is 0. The third-order valence-electron chi connectivity index (χ3n) is 4.86. The molecule has 2 saturated heterocycles. The largest absolute Gasteiger partial charge is 0.332 e. The second-order valence-corrected chi connectivity index (χ2v) is 8.45. The topological polar surface area (TPSA) is 69.7 Å². The molecule has 3 rings (SSSR count). The first-order valence-corrected chi connectivity index (χ1v) is 9.89. The smallest absolute Gasteiger partial charge is 0.317 e. The Morgan fingerprint density at radius 2 is 1.86 bits per heavy atom. The van der Waals surface area contributed by atoms with E-state index in [1.54, 1.807) is 4.31 Å². The maximum atomic E-state index is 12.3. The van der Waals surface area contributed by atoms with Crippen molar-refractivity contribution < 1.29 is 13.2 Å². The highest BCUT2D eigenvalue weighted by Gasteiger charge is 2.36. The number of sulfonamides is 1. The molecule has 2 fully saturated rings. The van der Waals surface area contributed by atoms with E-state index in [1.807, 2.05) is 4.90 Å². The molecule has 0 aromatic heterocycles. The Bertz CT molecular complexity index is 538. The maximum absolute atomic E-state index is 12.3. The first-order valence-electron chi connectivity index (χ1n) is 8.28. The second kappa shape index (κ2) is 6.58. The van der Waals surface area contributed by atoms with E-state index < -0.39 is 10.0 Å². The van der Waals surface area contributed by atoms with Gasteiger partial charge < -0.3 is 10.2 Å². The van der Waals surface area contributed by atoms with Crippen LogP contribution in [0, 0.1) is 0 Å². The summed E-state index contributed by atoms with van der Waals surface area (Å²) in [4.78, 5) is 14.1. The van der Waals surface area contributed by atoms with Gasteiger partial charge in [0.05, 0.1) is 5.75 Å². The van der Waals surface area contributed by atoms with Crippen LogP contribution in [0.15, 0.2) is 12.2 Å². The summed E-state index contributed by atoms with van der Waals surface area (Å²) in [6.07, 6.45) is 9.64. The number of nitrogens with one attached hydrogen (secondary N) is 1. The maximum Gasteiger partial charge on any atom is 0.317 e. The summed E-state index contributed by atoms with van der Waals surface area (Å²) in [6.45, 7) is 1.92. The first kappa shape index (κ1) is 15.8. The van der Waals surface area contributed by atoms with Crippen molar-refractivity contribution >= 4 is 16.1 Å². The van der Waals surface area contributed by atoms with Gasteiger partial charge in [0, 0.05) is 31.7 Å². The molecule has 3 aliphatic rings. The lowest BCUT2D eigenvalue weighted by Crippen LogP contribution is -2.51. The molecule has 2 aliphatic heterocycles. The van der Waals surface area contributed by atoms with Gasteiger partial charge in [-0.25, -0.2) is 13.2 Å². The lowest BCUT2D eigenvalue weighted by atomic mass is 10.0. The standard InChI is InChI=1S/C15H25N3O3S/c19-15(16-13-5-2-1-3-6-13)17-10-7-14(8-11-17)18-9-4-12-22(18,20)21/h2,5,13-14H,1,3-4,6-12H2,(H,16,19). The zero-order valence-electron chi connectivity index (χ0n) is 12.9. The number of carbonyl (C=O) groups excluding carboxylic acids is 1. The Kier molecular flexibility index (Phi) is 4.73. The van der Waals surface area contributed by atoms with Gasteiger partial charge in [0.1, 0.15) is 0 Å². The minimum Gasteiger partial charge on any atom is -0.332 e. The fourth-order valence-electron chi connectivity index (χ4n) is 3.61. The number of allylic oxidation sites excluding steroid dienone is 1. The van der Waals surface area contributed by atoms with Crippen molar-refractivity contribution in [3.63, 3.8) is 0 Å². The molecule has 124 valence electrons.